The topological polar surface area (TPSA) is 20.1 Å². The van der Waals surface area contributed by atoms with Gasteiger partial charge in [0.15, 0.2) is 0 Å². The molecule has 0 bridgehead atoms. The monoisotopic (exact) mass is 153 g/mol. The van der Waals surface area contributed by atoms with Crippen molar-refractivity contribution in [2.45, 2.75) is 51.1 Å². The zero-order valence-electron chi connectivity index (χ0n) is 7.05. The first-order valence-electron chi connectivity index (χ1n) is 4.59. The Hall–Kier alpha value is -0.530. The molecule has 1 amide bonds. The summed E-state index contributed by atoms with van der Waals surface area (Å²) >= 11 is 0. The maximum absolute atomic E-state index is 11.0. The van der Waals surface area contributed by atoms with Gasteiger partial charge in [0, 0.05) is 6.92 Å². The van der Waals surface area contributed by atoms with Crippen molar-refractivity contribution in [3.8, 4) is 0 Å². The molecular formula is C9H15NO. The van der Waals surface area contributed by atoms with Crippen LogP contribution in [0.1, 0.15) is 39.0 Å². The summed E-state index contributed by atoms with van der Waals surface area (Å²) in [5.74, 6) is 0.280. The number of carbonyl (C=O) groups is 1. The molecule has 1 aliphatic carbocycles. The smallest absolute Gasteiger partial charge is 0.220 e. The van der Waals surface area contributed by atoms with E-state index >= 15 is 0 Å². The largest absolute Gasteiger partial charge is 0.333 e. The van der Waals surface area contributed by atoms with Gasteiger partial charge in [-0.2, -0.15) is 0 Å². The lowest BCUT2D eigenvalue weighted by Crippen LogP contribution is -2.10. The molecule has 0 N–H and O–H groups in total. The Morgan fingerprint density at radius 3 is 2.18 bits per heavy atom. The van der Waals surface area contributed by atoms with Crippen molar-refractivity contribution in [1.82, 2.24) is 4.90 Å². The minimum absolute atomic E-state index is 0.280. The molecule has 0 aromatic rings. The Morgan fingerprint density at radius 1 is 1.18 bits per heavy atom. The Morgan fingerprint density at radius 2 is 1.73 bits per heavy atom. The number of hydrogen-bond donors (Lipinski definition) is 0. The van der Waals surface area contributed by atoms with E-state index in [1.54, 1.807) is 6.92 Å². The second-order valence-corrected chi connectivity index (χ2v) is 3.70. The number of rotatable bonds is 0. The summed E-state index contributed by atoms with van der Waals surface area (Å²) in [4.78, 5) is 13.1. The molecule has 1 saturated carbocycles. The first kappa shape index (κ1) is 7.14. The Balaban J connectivity index is 1.96. The third-order valence-corrected chi connectivity index (χ3v) is 2.93. The number of nitrogens with zero attached hydrogens (tertiary/aromatic N) is 1. The predicted molar refractivity (Wildman–Crippen MR) is 43.2 cm³/mol. The summed E-state index contributed by atoms with van der Waals surface area (Å²) in [6, 6.07) is 1.27. The molecule has 2 aliphatic rings. The summed E-state index contributed by atoms with van der Waals surface area (Å²) in [7, 11) is 0. The fraction of sp³-hybridized carbons (Fsp3) is 0.889. The predicted octanol–water partition coefficient (Wildman–Crippen LogP) is 1.55. The maximum Gasteiger partial charge on any atom is 0.220 e. The molecule has 1 heterocycles. The van der Waals surface area contributed by atoms with E-state index in [0.29, 0.717) is 12.1 Å². The highest BCUT2D eigenvalue weighted by molar-refractivity contribution is 5.77. The van der Waals surface area contributed by atoms with E-state index < -0.39 is 0 Å². The molecule has 11 heavy (non-hydrogen) atoms. The summed E-state index contributed by atoms with van der Waals surface area (Å²) < 4.78 is 0. The highest BCUT2D eigenvalue weighted by Gasteiger charge is 2.48. The van der Waals surface area contributed by atoms with Crippen LogP contribution in [-0.4, -0.2) is 22.9 Å². The van der Waals surface area contributed by atoms with Crippen molar-refractivity contribution in [2.24, 2.45) is 0 Å². The molecule has 0 radical (unpaired) electrons. The van der Waals surface area contributed by atoms with Gasteiger partial charge in [-0.15, -0.1) is 0 Å². The van der Waals surface area contributed by atoms with Gasteiger partial charge >= 0.3 is 0 Å². The van der Waals surface area contributed by atoms with Crippen molar-refractivity contribution < 1.29 is 4.79 Å². The van der Waals surface area contributed by atoms with Gasteiger partial charge < -0.3 is 4.90 Å². The molecule has 2 nitrogen and oxygen atoms in total. The van der Waals surface area contributed by atoms with Crippen LogP contribution in [0, 0.1) is 0 Å². The first-order chi connectivity index (χ1) is 5.30. The van der Waals surface area contributed by atoms with Gasteiger partial charge in [0.1, 0.15) is 0 Å². The molecule has 2 atom stereocenters. The third-order valence-electron chi connectivity index (χ3n) is 2.93. The van der Waals surface area contributed by atoms with Gasteiger partial charge in [-0.25, -0.2) is 0 Å². The molecule has 0 aromatic heterocycles. The van der Waals surface area contributed by atoms with Crippen molar-refractivity contribution >= 4 is 5.91 Å². The highest BCUT2D eigenvalue weighted by Crippen LogP contribution is 2.38. The molecule has 0 aromatic carbocycles. The quantitative estimate of drug-likeness (QED) is 0.483. The standard InChI is InChI=1S/C9H15NO/c1-7(11)10-8-5-3-2-4-6-9(8)10/h8-9H,2-6H2,1H3. The van der Waals surface area contributed by atoms with Crippen LogP contribution in [0.5, 0.6) is 0 Å². The van der Waals surface area contributed by atoms with Gasteiger partial charge in [0.25, 0.3) is 0 Å². The minimum Gasteiger partial charge on any atom is -0.333 e. The van der Waals surface area contributed by atoms with Gasteiger partial charge in [-0.05, 0) is 12.8 Å². The fourth-order valence-electron chi connectivity index (χ4n) is 2.35. The van der Waals surface area contributed by atoms with E-state index in [4.69, 9.17) is 0 Å². The van der Waals surface area contributed by atoms with Gasteiger partial charge in [-0.3, -0.25) is 4.79 Å². The minimum atomic E-state index is 0.280. The van der Waals surface area contributed by atoms with Gasteiger partial charge in [-0.1, -0.05) is 19.3 Å². The zero-order valence-corrected chi connectivity index (χ0v) is 7.05. The SMILES string of the molecule is CC(=O)N1C2CCCCCC21. The van der Waals surface area contributed by atoms with E-state index in [0.717, 1.165) is 0 Å². The van der Waals surface area contributed by atoms with Crippen LogP contribution in [0.2, 0.25) is 0 Å². The zero-order chi connectivity index (χ0) is 7.84. The van der Waals surface area contributed by atoms with E-state index in [2.05, 4.69) is 4.90 Å². The molecule has 2 fully saturated rings. The summed E-state index contributed by atoms with van der Waals surface area (Å²) in [5, 5.41) is 0. The van der Waals surface area contributed by atoms with Crippen LogP contribution in [0.4, 0.5) is 0 Å². The first-order valence-corrected chi connectivity index (χ1v) is 4.59. The molecule has 1 aliphatic heterocycles. The second kappa shape index (κ2) is 2.50. The summed E-state index contributed by atoms with van der Waals surface area (Å²) in [6.45, 7) is 1.69. The van der Waals surface area contributed by atoms with Crippen LogP contribution >= 0.6 is 0 Å². The van der Waals surface area contributed by atoms with E-state index in [1.807, 2.05) is 0 Å². The van der Waals surface area contributed by atoms with Crippen LogP contribution in [0.15, 0.2) is 0 Å². The van der Waals surface area contributed by atoms with Crippen molar-refractivity contribution in [2.75, 3.05) is 0 Å². The van der Waals surface area contributed by atoms with Crippen molar-refractivity contribution in [1.29, 1.82) is 0 Å². The molecule has 2 unspecified atom stereocenters. The lowest BCUT2D eigenvalue weighted by Gasteiger charge is -2.02. The maximum atomic E-state index is 11.0. The summed E-state index contributed by atoms with van der Waals surface area (Å²) in [6.07, 6.45) is 6.53. The van der Waals surface area contributed by atoms with Crippen molar-refractivity contribution in [3.63, 3.8) is 0 Å². The van der Waals surface area contributed by atoms with Gasteiger partial charge in [0.2, 0.25) is 5.91 Å². The third kappa shape index (κ3) is 1.15. The summed E-state index contributed by atoms with van der Waals surface area (Å²) in [5.41, 5.74) is 0. The molecule has 62 valence electrons. The van der Waals surface area contributed by atoms with E-state index in [9.17, 15) is 4.79 Å². The van der Waals surface area contributed by atoms with Crippen LogP contribution < -0.4 is 0 Å². The van der Waals surface area contributed by atoms with Crippen LogP contribution in [0.25, 0.3) is 0 Å². The molecular weight excluding hydrogens is 138 g/mol. The van der Waals surface area contributed by atoms with Crippen molar-refractivity contribution in [3.05, 3.63) is 0 Å². The molecule has 2 heteroatoms. The Bertz CT molecular complexity index is 166. The number of amides is 1. The fourth-order valence-corrected chi connectivity index (χ4v) is 2.35. The molecule has 0 spiro atoms. The highest BCUT2D eigenvalue weighted by atomic mass is 16.2. The number of carbonyl (C=O) groups excluding carboxylic acids is 1. The number of likely N-dealkylation sites (tertiary alicyclic amines) is 1. The van der Waals surface area contributed by atoms with Gasteiger partial charge in [0.05, 0.1) is 12.1 Å². The van der Waals surface area contributed by atoms with E-state index in [1.165, 1.54) is 32.1 Å². The average Bonchev–Trinajstić information content (AvgIpc) is 2.57. The lowest BCUT2D eigenvalue weighted by molar-refractivity contribution is -0.124. The Kier molecular flexibility index (Phi) is 1.63. The normalized spacial score (nSPS) is 35.9. The number of hydrogen-bond acceptors (Lipinski definition) is 1. The lowest BCUT2D eigenvalue weighted by atomic mass is 10.2. The van der Waals surface area contributed by atoms with Crippen LogP contribution in [0.3, 0.4) is 0 Å². The molecule has 2 rings (SSSR count). The van der Waals surface area contributed by atoms with E-state index in [-0.39, 0.29) is 5.91 Å². The van der Waals surface area contributed by atoms with Crippen LogP contribution in [-0.2, 0) is 4.79 Å². The second-order valence-electron chi connectivity index (χ2n) is 3.70. The Labute approximate surface area is 67.6 Å². The molecule has 1 saturated heterocycles. The average molecular weight is 153 g/mol. The number of fused-ring (bicyclic) bond motifs is 1.